The number of carbonyl (C=O) groups is 1. The first-order chi connectivity index (χ1) is 11.2. The third kappa shape index (κ3) is 4.23. The van der Waals surface area contributed by atoms with Crippen molar-refractivity contribution < 1.29 is 27.1 Å². The Morgan fingerprint density at radius 1 is 1.46 bits per heavy atom. The summed E-state index contributed by atoms with van der Waals surface area (Å²) in [6, 6.07) is 2.36. The first-order valence-electron chi connectivity index (χ1n) is 6.14. The number of halogens is 5. The van der Waals surface area contributed by atoms with Crippen molar-refractivity contribution in [3.05, 3.63) is 38.6 Å². The average molecular weight is 386 g/mol. The molecule has 0 aliphatic carbocycles. The van der Waals surface area contributed by atoms with Crippen LogP contribution in [0.3, 0.4) is 0 Å². The molecule has 12 heteroatoms. The van der Waals surface area contributed by atoms with Gasteiger partial charge in [-0.05, 0) is 6.07 Å². The molecule has 0 spiro atoms. The summed E-state index contributed by atoms with van der Waals surface area (Å²) in [7, 11) is 0. The van der Waals surface area contributed by atoms with Crippen LogP contribution in [0.5, 0.6) is 5.88 Å². The molecule has 0 aliphatic heterocycles. The second kappa shape index (κ2) is 7.18. The number of ether oxygens (including phenoxy) is 1. The van der Waals surface area contributed by atoms with Gasteiger partial charge >= 0.3 is 12.3 Å². The van der Waals surface area contributed by atoms with Gasteiger partial charge in [0.2, 0.25) is 5.88 Å². The van der Waals surface area contributed by atoms with Crippen molar-refractivity contribution in [2.24, 2.45) is 0 Å². The maximum absolute atomic E-state index is 12.7. The molecule has 2 heterocycles. The fourth-order valence-electron chi connectivity index (χ4n) is 1.40. The van der Waals surface area contributed by atoms with Crippen molar-refractivity contribution in [3.63, 3.8) is 0 Å². The van der Waals surface area contributed by atoms with Gasteiger partial charge in [-0.25, -0.2) is 13.8 Å². The van der Waals surface area contributed by atoms with E-state index >= 15 is 0 Å². The molecule has 0 bridgehead atoms. The van der Waals surface area contributed by atoms with E-state index in [2.05, 4.69) is 19.4 Å². The van der Waals surface area contributed by atoms with Gasteiger partial charge < -0.3 is 10.1 Å². The van der Waals surface area contributed by atoms with Gasteiger partial charge in [0, 0.05) is 6.07 Å². The molecule has 0 radical (unpaired) electrons. The molecule has 0 fully saturated rings. The maximum atomic E-state index is 12.7. The molecule has 0 aromatic carbocycles. The number of hydrogen-bond acceptors (Lipinski definition) is 5. The third-order valence-corrected chi connectivity index (χ3v) is 3.93. The van der Waals surface area contributed by atoms with E-state index in [4.69, 9.17) is 11.6 Å². The lowest BCUT2D eigenvalue weighted by Gasteiger charge is -2.15. The van der Waals surface area contributed by atoms with E-state index in [0.717, 1.165) is 23.8 Å². The van der Waals surface area contributed by atoms with E-state index in [1.807, 2.05) is 0 Å². The summed E-state index contributed by atoms with van der Waals surface area (Å²) in [5.74, 6) is -5.29. The molecule has 1 amide bonds. The van der Waals surface area contributed by atoms with E-state index < -0.39 is 30.4 Å². The Kier molecular flexibility index (Phi) is 5.44. The third-order valence-electron chi connectivity index (χ3n) is 2.58. The Morgan fingerprint density at radius 3 is 2.67 bits per heavy atom. The Balaban J connectivity index is 1.98. The van der Waals surface area contributed by atoms with Crippen molar-refractivity contribution in [3.8, 4) is 5.88 Å². The van der Waals surface area contributed by atoms with Crippen LogP contribution in [-0.2, 0) is 0 Å². The van der Waals surface area contributed by atoms with Gasteiger partial charge in [-0.3, -0.25) is 14.0 Å². The highest BCUT2D eigenvalue weighted by molar-refractivity contribution is 7.08. The van der Waals surface area contributed by atoms with Crippen molar-refractivity contribution in [2.45, 2.75) is 12.3 Å². The number of aromatic nitrogens is 2. The number of carbonyl (C=O) groups excluding carboxylic acids is 1. The first kappa shape index (κ1) is 18.2. The quantitative estimate of drug-likeness (QED) is 0.749. The van der Waals surface area contributed by atoms with Crippen molar-refractivity contribution >= 4 is 34.7 Å². The molecule has 0 aliphatic rings. The standard InChI is InChI=1S/C12H8ClF4N3O3S/c13-7-8(24-20-9(7)21)10(22)19-5-1-2-6(18-3-5)23-4-12(16,17)11(14)15/h1-3,11H,4H2,(H,19,22)(H,20,21). The molecular weight excluding hydrogens is 378 g/mol. The van der Waals surface area contributed by atoms with Crippen LogP contribution < -0.4 is 15.6 Å². The molecule has 0 atom stereocenters. The molecule has 6 nitrogen and oxygen atoms in total. The topological polar surface area (TPSA) is 84.1 Å². The molecule has 0 saturated carbocycles. The second-order valence-corrected chi connectivity index (χ2v) is 5.56. The zero-order valence-electron chi connectivity index (χ0n) is 11.5. The lowest BCUT2D eigenvalue weighted by molar-refractivity contribution is -0.148. The minimum absolute atomic E-state index is 0.0430. The zero-order valence-corrected chi connectivity index (χ0v) is 13.1. The number of rotatable bonds is 6. The largest absolute Gasteiger partial charge is 0.471 e. The fraction of sp³-hybridized carbons (Fsp3) is 0.250. The number of nitrogens with one attached hydrogen (secondary N) is 2. The molecule has 2 rings (SSSR count). The summed E-state index contributed by atoms with van der Waals surface area (Å²) in [6.45, 7) is -1.53. The summed E-state index contributed by atoms with van der Waals surface area (Å²) in [5, 5.41) is 2.11. The average Bonchev–Trinajstić information content (AvgIpc) is 2.86. The number of aromatic amines is 1. The van der Waals surface area contributed by atoms with E-state index in [9.17, 15) is 27.2 Å². The molecular formula is C12H8ClF4N3O3S. The van der Waals surface area contributed by atoms with Crippen molar-refractivity contribution in [2.75, 3.05) is 11.9 Å². The van der Waals surface area contributed by atoms with Crippen LogP contribution in [0.15, 0.2) is 23.1 Å². The van der Waals surface area contributed by atoms with E-state index in [-0.39, 0.29) is 21.5 Å². The smallest absolute Gasteiger partial charge is 0.340 e. The van der Waals surface area contributed by atoms with Crippen LogP contribution >= 0.6 is 23.1 Å². The minimum Gasteiger partial charge on any atom is -0.471 e. The summed E-state index contributed by atoms with van der Waals surface area (Å²) in [5.41, 5.74) is -0.446. The molecule has 2 aromatic rings. The van der Waals surface area contributed by atoms with Gasteiger partial charge in [0.25, 0.3) is 11.5 Å². The fourth-order valence-corrected chi connectivity index (χ4v) is 2.32. The molecule has 0 unspecified atom stereocenters. The van der Waals surface area contributed by atoms with Gasteiger partial charge in [-0.1, -0.05) is 23.1 Å². The summed E-state index contributed by atoms with van der Waals surface area (Å²) in [4.78, 5) is 26.6. The Hall–Kier alpha value is -2.14. The zero-order chi connectivity index (χ0) is 17.9. The van der Waals surface area contributed by atoms with Crippen LogP contribution in [0.1, 0.15) is 9.67 Å². The van der Waals surface area contributed by atoms with Gasteiger partial charge in [-0.2, -0.15) is 8.78 Å². The lowest BCUT2D eigenvalue weighted by atomic mass is 10.3. The number of anilines is 1. The summed E-state index contributed by atoms with van der Waals surface area (Å²) < 4.78 is 56.2. The minimum atomic E-state index is -4.29. The Bertz CT molecular complexity index is 779. The Labute approximate surface area is 140 Å². The monoisotopic (exact) mass is 385 g/mol. The van der Waals surface area contributed by atoms with Gasteiger partial charge in [-0.15, -0.1) is 0 Å². The maximum Gasteiger partial charge on any atom is 0.340 e. The second-order valence-electron chi connectivity index (χ2n) is 4.37. The van der Waals surface area contributed by atoms with E-state index in [1.165, 1.54) is 6.07 Å². The van der Waals surface area contributed by atoms with Crippen molar-refractivity contribution in [1.29, 1.82) is 0 Å². The number of pyridine rings is 1. The molecule has 24 heavy (non-hydrogen) atoms. The normalized spacial score (nSPS) is 11.6. The summed E-state index contributed by atoms with van der Waals surface area (Å²) in [6.07, 6.45) is -2.79. The van der Waals surface area contributed by atoms with Crippen molar-refractivity contribution in [1.82, 2.24) is 9.36 Å². The number of amides is 1. The number of hydrogen-bond donors (Lipinski definition) is 2. The highest BCUT2D eigenvalue weighted by atomic mass is 35.5. The molecule has 130 valence electrons. The molecule has 2 aromatic heterocycles. The predicted molar refractivity (Wildman–Crippen MR) is 78.6 cm³/mol. The number of nitrogens with zero attached hydrogens (tertiary/aromatic N) is 1. The highest BCUT2D eigenvalue weighted by Gasteiger charge is 2.41. The lowest BCUT2D eigenvalue weighted by Crippen LogP contribution is -2.33. The molecule has 0 saturated heterocycles. The van der Waals surface area contributed by atoms with Gasteiger partial charge in [0.1, 0.15) is 9.90 Å². The van der Waals surface area contributed by atoms with Crippen LogP contribution in [0, 0.1) is 0 Å². The Morgan fingerprint density at radius 2 is 2.17 bits per heavy atom. The van der Waals surface area contributed by atoms with E-state index in [1.54, 1.807) is 0 Å². The van der Waals surface area contributed by atoms with Crippen LogP contribution in [0.25, 0.3) is 0 Å². The highest BCUT2D eigenvalue weighted by Crippen LogP contribution is 2.24. The van der Waals surface area contributed by atoms with E-state index in [0.29, 0.717) is 0 Å². The van der Waals surface area contributed by atoms with Crippen LogP contribution in [-0.4, -0.2) is 34.2 Å². The van der Waals surface area contributed by atoms with Crippen LogP contribution in [0.4, 0.5) is 23.2 Å². The van der Waals surface area contributed by atoms with Gasteiger partial charge in [0.15, 0.2) is 6.61 Å². The first-order valence-corrected chi connectivity index (χ1v) is 7.33. The predicted octanol–water partition coefficient (Wildman–Crippen LogP) is 3.02. The number of alkyl halides is 4. The van der Waals surface area contributed by atoms with Crippen LogP contribution in [0.2, 0.25) is 5.02 Å². The number of H-pyrrole nitrogens is 1. The van der Waals surface area contributed by atoms with Gasteiger partial charge in [0.05, 0.1) is 11.9 Å². The SMILES string of the molecule is O=C(Nc1ccc(OCC(F)(F)C(F)F)nc1)c1s[nH]c(=O)c1Cl. The molecule has 2 N–H and O–H groups in total. The summed E-state index contributed by atoms with van der Waals surface area (Å²) >= 11 is 6.38.